The molecule has 10 aromatic carbocycles. The van der Waals surface area contributed by atoms with Crippen LogP contribution in [0.25, 0.3) is 22.1 Å². The van der Waals surface area contributed by atoms with E-state index in [2.05, 4.69) is 100 Å². The second-order valence-corrected chi connectivity index (χ2v) is 35.3. The van der Waals surface area contributed by atoms with E-state index >= 15 is 19.2 Å². The van der Waals surface area contributed by atoms with Crippen LogP contribution in [0.15, 0.2) is 239 Å². The fraction of sp³-hybridized carbons (Fsp3) is 0.296. The predicted octanol–water partition coefficient (Wildman–Crippen LogP) is 25.5. The normalized spacial score (nSPS) is 20.5. The Balaban J connectivity index is 0.853. The van der Waals surface area contributed by atoms with Crippen LogP contribution in [0.5, 0.6) is 69.5 Å². The van der Waals surface area contributed by atoms with E-state index in [0.29, 0.717) is 116 Å². The summed E-state index contributed by atoms with van der Waals surface area (Å²) >= 11 is 0. The van der Waals surface area contributed by atoms with Crippen molar-refractivity contribution in [2.75, 3.05) is 0 Å². The van der Waals surface area contributed by atoms with Gasteiger partial charge in [0, 0.05) is 138 Å². The molecule has 0 saturated heterocycles. The first-order chi connectivity index (χ1) is 61.0. The van der Waals surface area contributed by atoms with E-state index in [1.165, 1.54) is 0 Å². The Bertz CT molecular complexity index is 5900. The first-order valence-corrected chi connectivity index (χ1v) is 45.2. The van der Waals surface area contributed by atoms with E-state index in [4.69, 9.17) is 57.8 Å². The van der Waals surface area contributed by atoms with Gasteiger partial charge in [0.05, 0.1) is 22.1 Å². The number of hydrogen-bond acceptors (Lipinski definition) is 16. The number of ether oxygens (including phenoxy) is 8. The standard InChI is InChI=1S/C108H92N4O12/c1-5-9-13-17-33-57-69-49-73-59(35-19-15-11-7-3)75-51-71-58(34-18-14-10-6-2)72-52-76-60(36-20-16-12-8-4)74-50-70(57)82-54-86(74)122-106-108(112-80-48-32-30-46-78(80)110-106)124-88(76)56-84(72)120-104-100(116)96-92-67-43-27-25-41-65(67)91(66-42-26-28-44-68(66)92)95(96)99(115)103(104)119-83(71)55-87(75)123-107-105(109-77-45-29-31-47-79(77)111-107)121-85(73)53-81(69)117-101-97(113)93-89-61-37-21-23-39-63(61)90(64-40-24-22-38-62(64)89)94(93)98(114)102(101)118-82/h21-32,37-60,89-92H,5-20,33-36H2,1-4H3. The van der Waals surface area contributed by atoms with Crippen LogP contribution in [-0.2, 0) is 19.2 Å². The Kier molecular flexibility index (Phi) is 18.6. The number of para-hydroxylation sites is 4. The van der Waals surface area contributed by atoms with Crippen molar-refractivity contribution in [1.29, 1.82) is 0 Å². The fourth-order valence-corrected chi connectivity index (χ4v) is 22.3. The minimum Gasteiger partial charge on any atom is -0.449 e. The van der Waals surface area contributed by atoms with E-state index < -0.39 is 70.5 Å². The minimum atomic E-state index is -0.605. The molecule has 0 saturated carbocycles. The van der Waals surface area contributed by atoms with E-state index in [-0.39, 0.29) is 46.6 Å². The average Bonchev–Trinajstić information content (AvgIpc) is 0.705. The zero-order chi connectivity index (χ0) is 83.3. The number of nitrogens with zero attached hydrogens (tertiary/aromatic N) is 4. The summed E-state index contributed by atoms with van der Waals surface area (Å²) in [6.07, 6.45) is 16.8. The molecule has 4 aliphatic heterocycles. The third-order valence-corrected chi connectivity index (χ3v) is 28.1. The lowest BCUT2D eigenvalue weighted by Crippen LogP contribution is -2.40. The molecule has 4 bridgehead atoms. The summed E-state index contributed by atoms with van der Waals surface area (Å²) < 4.78 is 61.4. The smallest absolute Gasteiger partial charge is 0.284 e. The van der Waals surface area contributed by atoms with Crippen LogP contribution in [0.4, 0.5) is 0 Å². The highest BCUT2D eigenvalue weighted by atomic mass is 16.6. The molecule has 2 aromatic heterocycles. The zero-order valence-corrected chi connectivity index (χ0v) is 69.9. The molecular formula is C108H92N4O12. The van der Waals surface area contributed by atoms with Crippen molar-refractivity contribution in [3.05, 3.63) is 328 Å². The Labute approximate surface area is 719 Å². The molecule has 12 aliphatic rings. The first-order valence-electron chi connectivity index (χ1n) is 45.2. The third kappa shape index (κ3) is 12.0. The van der Waals surface area contributed by atoms with Crippen molar-refractivity contribution in [3.63, 3.8) is 0 Å². The van der Waals surface area contributed by atoms with E-state index in [1.807, 2.05) is 121 Å². The molecule has 16 nitrogen and oxygen atoms in total. The molecular weight excluding hydrogens is 1550 g/mol. The lowest BCUT2D eigenvalue weighted by atomic mass is 9.58. The molecule has 0 radical (unpaired) electrons. The SMILES string of the molecule is CCCCCCC1c2cc3c4cc2OC2=C(Oc5cc6c(cc51)C(CCCCCC)c1cc5c(cc1Oc1nc7ccccc7nc1O6)OC1=C(Oc6cc(c(cc6C5CCCCCC)C3CCCCCC)Oc3nc5ccccc5nc3O4)C(=O)C3=C(C1=O)C1c4ccccc4C3c3ccccc31)C(=O)C1=C(C2=O)C2c3ccccc3C1c1ccccc12. The molecule has 12 aromatic rings. The number of ketones is 4. The number of Topliss-reactive ketones (excluding diaryl/α,β-unsaturated/α-hetero) is 4. The lowest BCUT2D eigenvalue weighted by Gasteiger charge is -2.44. The molecule has 6 heterocycles. The van der Waals surface area contributed by atoms with Gasteiger partial charge in [0.15, 0.2) is 0 Å². The highest BCUT2D eigenvalue weighted by Gasteiger charge is 2.56. The topological polar surface area (TPSA) is 194 Å². The Morgan fingerprint density at radius 3 is 0.597 bits per heavy atom. The summed E-state index contributed by atoms with van der Waals surface area (Å²) in [5.74, 6) is -4.73. The van der Waals surface area contributed by atoms with Gasteiger partial charge in [0.2, 0.25) is 46.2 Å². The maximum Gasteiger partial charge on any atom is 0.284 e. The van der Waals surface area contributed by atoms with Crippen molar-refractivity contribution >= 4 is 45.2 Å². The summed E-state index contributed by atoms with van der Waals surface area (Å²) in [6.45, 7) is 8.89. The summed E-state index contributed by atoms with van der Waals surface area (Å²) in [5.41, 5.74) is 17.4. The zero-order valence-electron chi connectivity index (χ0n) is 69.9. The van der Waals surface area contributed by atoms with E-state index in [0.717, 1.165) is 192 Å². The molecule has 16 heteroatoms. The summed E-state index contributed by atoms with van der Waals surface area (Å²) in [4.78, 5) is 89.6. The van der Waals surface area contributed by atoms with E-state index in [9.17, 15) is 0 Å². The Morgan fingerprint density at radius 2 is 0.403 bits per heavy atom. The number of benzene rings is 10. The van der Waals surface area contributed by atoms with Crippen LogP contribution in [0, 0.1) is 0 Å². The average molecular weight is 1640 g/mol. The number of rotatable bonds is 20. The van der Waals surface area contributed by atoms with Gasteiger partial charge < -0.3 is 37.9 Å². The molecule has 24 rings (SSSR count). The monoisotopic (exact) mass is 1640 g/mol. The van der Waals surface area contributed by atoms with Crippen molar-refractivity contribution in [3.8, 4) is 69.5 Å². The van der Waals surface area contributed by atoms with Crippen LogP contribution < -0.4 is 37.9 Å². The van der Waals surface area contributed by atoms with Crippen LogP contribution >= 0.6 is 0 Å². The van der Waals surface area contributed by atoms with E-state index in [1.54, 1.807) is 0 Å². The lowest BCUT2D eigenvalue weighted by molar-refractivity contribution is -0.120. The number of allylic oxidation sites excluding steroid dienone is 4. The van der Waals surface area contributed by atoms with Crippen LogP contribution in [0.2, 0.25) is 0 Å². The minimum absolute atomic E-state index is 0.0462. The molecule has 124 heavy (non-hydrogen) atoms. The Hall–Kier alpha value is -13.1. The first kappa shape index (κ1) is 75.9. The van der Waals surface area contributed by atoms with Gasteiger partial charge in [-0.05, 0) is 119 Å². The van der Waals surface area contributed by atoms with Crippen molar-refractivity contribution in [2.24, 2.45) is 0 Å². The van der Waals surface area contributed by atoms with Gasteiger partial charge in [0.1, 0.15) is 46.0 Å². The maximum absolute atomic E-state index is 17.1. The van der Waals surface area contributed by atoms with Crippen LogP contribution in [0.1, 0.15) is 292 Å². The molecule has 0 N–H and O–H groups in total. The molecule has 0 unspecified atom stereocenters. The predicted molar refractivity (Wildman–Crippen MR) is 471 cm³/mol. The summed E-state index contributed by atoms with van der Waals surface area (Å²) in [7, 11) is 0. The van der Waals surface area contributed by atoms with Gasteiger partial charge in [-0.15, -0.1) is 0 Å². The third-order valence-electron chi connectivity index (χ3n) is 28.1. The molecule has 0 amide bonds. The van der Waals surface area contributed by atoms with Crippen LogP contribution in [0.3, 0.4) is 0 Å². The molecule has 0 fully saturated rings. The second-order valence-electron chi connectivity index (χ2n) is 35.3. The van der Waals surface area contributed by atoms with Crippen molar-refractivity contribution in [1.82, 2.24) is 19.9 Å². The second kappa shape index (κ2) is 30.5. The molecule has 0 atom stereocenters. The van der Waals surface area contributed by atoms with Gasteiger partial charge in [0.25, 0.3) is 23.5 Å². The van der Waals surface area contributed by atoms with Crippen molar-refractivity contribution in [2.45, 2.75) is 203 Å². The van der Waals surface area contributed by atoms with Gasteiger partial charge in [-0.3, -0.25) is 19.2 Å². The fourth-order valence-electron chi connectivity index (χ4n) is 22.3. The molecule has 616 valence electrons. The van der Waals surface area contributed by atoms with Gasteiger partial charge in [-0.1, -0.05) is 252 Å². The number of aromatic nitrogens is 4. The number of fused-ring (bicyclic) bond motifs is 12. The summed E-state index contributed by atoms with van der Waals surface area (Å²) in [6, 6.07) is 64.6. The maximum atomic E-state index is 17.1. The van der Waals surface area contributed by atoms with Gasteiger partial charge in [-0.2, -0.15) is 0 Å². The highest BCUT2D eigenvalue weighted by Crippen LogP contribution is 2.64. The quantitative estimate of drug-likeness (QED) is 0.0516. The largest absolute Gasteiger partial charge is 0.449 e. The molecule has 0 spiro atoms. The number of carbonyl (C=O) groups excluding carboxylic acids is 4. The summed E-state index contributed by atoms with van der Waals surface area (Å²) in [5, 5.41) is 0. The number of hydrogen-bond donors (Lipinski definition) is 0. The van der Waals surface area contributed by atoms with Crippen LogP contribution in [-0.4, -0.2) is 43.1 Å². The number of carbonyl (C=O) groups is 4. The van der Waals surface area contributed by atoms with Gasteiger partial charge >= 0.3 is 0 Å². The highest BCUT2D eigenvalue weighted by molar-refractivity contribution is 6.28. The molecule has 8 aliphatic carbocycles. The van der Waals surface area contributed by atoms with Crippen molar-refractivity contribution < 1.29 is 57.1 Å². The number of unbranched alkanes of at least 4 members (excludes halogenated alkanes) is 12. The van der Waals surface area contributed by atoms with Gasteiger partial charge in [-0.25, -0.2) is 19.9 Å². The Morgan fingerprint density at radius 1 is 0.218 bits per heavy atom.